The van der Waals surface area contributed by atoms with E-state index in [0.717, 1.165) is 6.07 Å². The number of anilines is 1. The monoisotopic (exact) mass is 436 g/mol. The Bertz CT molecular complexity index is 1210. The second-order valence-corrected chi connectivity index (χ2v) is 6.57. The molecule has 1 atom stereocenters. The van der Waals surface area contributed by atoms with Crippen molar-refractivity contribution in [3.05, 3.63) is 80.2 Å². The van der Waals surface area contributed by atoms with Gasteiger partial charge in [0, 0.05) is 11.5 Å². The van der Waals surface area contributed by atoms with E-state index in [2.05, 4.69) is 5.32 Å². The molecule has 0 radical (unpaired) electrons. The van der Waals surface area contributed by atoms with Gasteiger partial charge in [-0.25, -0.2) is 9.59 Å². The van der Waals surface area contributed by atoms with Crippen LogP contribution in [0.1, 0.15) is 22.8 Å². The van der Waals surface area contributed by atoms with E-state index in [1.165, 1.54) is 13.0 Å². The smallest absolute Gasteiger partial charge is 0.416 e. The third kappa shape index (κ3) is 5.00. The number of rotatable bonds is 6. The van der Waals surface area contributed by atoms with Crippen LogP contribution in [-0.4, -0.2) is 23.5 Å². The molecule has 0 saturated carbocycles. The van der Waals surface area contributed by atoms with Crippen molar-refractivity contribution in [3.63, 3.8) is 0 Å². The Hall–Kier alpha value is -3.89. The van der Waals surface area contributed by atoms with Crippen LogP contribution in [0.25, 0.3) is 11.0 Å². The highest BCUT2D eigenvalue weighted by molar-refractivity contribution is 5.92. The molecule has 162 valence electrons. The SMILES string of the molecule is C[C@@H](CNc1ccc(C(F)(F)F)cc1[N+](=O)[O-])OC(=O)c1cc2ccccc2oc1=O. The van der Waals surface area contributed by atoms with Gasteiger partial charge in [0.1, 0.15) is 22.9 Å². The van der Waals surface area contributed by atoms with Crippen LogP contribution in [0, 0.1) is 10.1 Å². The Morgan fingerprint density at radius 3 is 2.61 bits per heavy atom. The van der Waals surface area contributed by atoms with Gasteiger partial charge < -0.3 is 14.5 Å². The molecular weight excluding hydrogens is 421 g/mol. The van der Waals surface area contributed by atoms with Crippen LogP contribution < -0.4 is 10.9 Å². The van der Waals surface area contributed by atoms with Crippen LogP contribution in [0.4, 0.5) is 24.5 Å². The van der Waals surface area contributed by atoms with Crippen molar-refractivity contribution >= 4 is 28.3 Å². The number of benzene rings is 2. The summed E-state index contributed by atoms with van der Waals surface area (Å²) < 4.78 is 48.6. The summed E-state index contributed by atoms with van der Waals surface area (Å²) in [6, 6.07) is 9.93. The Morgan fingerprint density at radius 1 is 1.23 bits per heavy atom. The predicted octanol–water partition coefficient (Wildman–Crippen LogP) is 4.38. The average Bonchev–Trinajstić information content (AvgIpc) is 2.70. The van der Waals surface area contributed by atoms with Gasteiger partial charge in [-0.1, -0.05) is 18.2 Å². The van der Waals surface area contributed by atoms with E-state index in [0.29, 0.717) is 23.1 Å². The van der Waals surface area contributed by atoms with Gasteiger partial charge in [0.15, 0.2) is 0 Å². The normalized spacial score (nSPS) is 12.4. The van der Waals surface area contributed by atoms with E-state index in [1.807, 2.05) is 0 Å². The van der Waals surface area contributed by atoms with Gasteiger partial charge in [-0.15, -0.1) is 0 Å². The lowest BCUT2D eigenvalue weighted by atomic mass is 10.1. The van der Waals surface area contributed by atoms with Gasteiger partial charge in [-0.3, -0.25) is 10.1 Å². The molecule has 2 aromatic carbocycles. The number of alkyl halides is 3. The fourth-order valence-corrected chi connectivity index (χ4v) is 2.75. The minimum absolute atomic E-state index is 0.156. The van der Waals surface area contributed by atoms with Crippen LogP contribution in [0.5, 0.6) is 0 Å². The number of nitrogens with one attached hydrogen (secondary N) is 1. The van der Waals surface area contributed by atoms with Crippen LogP contribution in [0.3, 0.4) is 0 Å². The first kappa shape index (κ1) is 21.8. The van der Waals surface area contributed by atoms with Crippen molar-refractivity contribution in [2.75, 3.05) is 11.9 Å². The molecule has 0 aliphatic carbocycles. The number of esters is 1. The molecule has 0 fully saturated rings. The lowest BCUT2D eigenvalue weighted by molar-refractivity contribution is -0.384. The molecule has 0 saturated heterocycles. The van der Waals surface area contributed by atoms with Crippen molar-refractivity contribution in [2.24, 2.45) is 0 Å². The Balaban J connectivity index is 1.71. The number of carbonyl (C=O) groups is 1. The van der Waals surface area contributed by atoms with E-state index in [4.69, 9.17) is 9.15 Å². The molecular formula is C20H15F3N2O6. The van der Waals surface area contributed by atoms with E-state index < -0.39 is 40.0 Å². The molecule has 3 aromatic rings. The van der Waals surface area contributed by atoms with Crippen molar-refractivity contribution in [1.82, 2.24) is 0 Å². The molecule has 1 aromatic heterocycles. The highest BCUT2D eigenvalue weighted by atomic mass is 19.4. The zero-order chi connectivity index (χ0) is 22.8. The fraction of sp³-hybridized carbons (Fsp3) is 0.200. The first-order valence-corrected chi connectivity index (χ1v) is 8.89. The average molecular weight is 436 g/mol. The number of nitrogens with zero attached hydrogens (tertiary/aromatic N) is 1. The van der Waals surface area contributed by atoms with E-state index in [1.54, 1.807) is 24.3 Å². The van der Waals surface area contributed by atoms with Gasteiger partial charge in [-0.05, 0) is 31.2 Å². The number of para-hydroxylation sites is 1. The highest BCUT2D eigenvalue weighted by Crippen LogP contribution is 2.35. The summed E-state index contributed by atoms with van der Waals surface area (Å²) in [6.07, 6.45) is -5.60. The number of ether oxygens (including phenoxy) is 1. The van der Waals surface area contributed by atoms with Crippen molar-refractivity contribution in [3.8, 4) is 0 Å². The van der Waals surface area contributed by atoms with Crippen LogP contribution in [0.15, 0.2) is 57.7 Å². The summed E-state index contributed by atoms with van der Waals surface area (Å²) in [5.41, 5.74) is -3.02. The molecule has 0 bridgehead atoms. The van der Waals surface area contributed by atoms with Crippen LogP contribution in [-0.2, 0) is 10.9 Å². The summed E-state index contributed by atoms with van der Waals surface area (Å²) in [6.45, 7) is 1.29. The molecule has 3 rings (SSSR count). The standard InChI is InChI=1S/C20H15F3N2O6/c1-11(10-24-15-7-6-13(20(21,22)23)9-16(15)25(28)29)30-18(26)14-8-12-4-2-3-5-17(12)31-19(14)27/h2-9,11,24H,10H2,1H3/t11-/m0/s1. The predicted molar refractivity (Wildman–Crippen MR) is 104 cm³/mol. The maximum atomic E-state index is 12.8. The maximum absolute atomic E-state index is 12.8. The maximum Gasteiger partial charge on any atom is 0.416 e. The fourth-order valence-electron chi connectivity index (χ4n) is 2.75. The zero-order valence-corrected chi connectivity index (χ0v) is 15.9. The van der Waals surface area contributed by atoms with Gasteiger partial charge in [-0.2, -0.15) is 13.2 Å². The third-order valence-electron chi connectivity index (χ3n) is 4.27. The zero-order valence-electron chi connectivity index (χ0n) is 15.9. The first-order valence-electron chi connectivity index (χ1n) is 8.89. The highest BCUT2D eigenvalue weighted by Gasteiger charge is 2.33. The molecule has 31 heavy (non-hydrogen) atoms. The second kappa shape index (κ2) is 8.46. The molecule has 1 N–H and O–H groups in total. The number of carbonyl (C=O) groups excluding carboxylic acids is 1. The largest absolute Gasteiger partial charge is 0.457 e. The molecule has 11 heteroatoms. The minimum Gasteiger partial charge on any atom is -0.457 e. The summed E-state index contributed by atoms with van der Waals surface area (Å²) >= 11 is 0. The third-order valence-corrected chi connectivity index (χ3v) is 4.27. The van der Waals surface area contributed by atoms with E-state index >= 15 is 0 Å². The van der Waals surface area contributed by atoms with Crippen LogP contribution >= 0.6 is 0 Å². The summed E-state index contributed by atoms with van der Waals surface area (Å²) in [5, 5.41) is 14.2. The number of fused-ring (bicyclic) bond motifs is 1. The van der Waals surface area contributed by atoms with Gasteiger partial charge >= 0.3 is 17.8 Å². The Morgan fingerprint density at radius 2 is 1.94 bits per heavy atom. The summed E-state index contributed by atoms with van der Waals surface area (Å²) in [4.78, 5) is 34.5. The first-order chi connectivity index (χ1) is 14.6. The lowest BCUT2D eigenvalue weighted by Crippen LogP contribution is -2.26. The number of hydrogen-bond acceptors (Lipinski definition) is 7. The minimum atomic E-state index is -4.73. The topological polar surface area (TPSA) is 112 Å². The van der Waals surface area contributed by atoms with Crippen molar-refractivity contribution < 1.29 is 32.0 Å². The quantitative estimate of drug-likeness (QED) is 0.264. The molecule has 1 heterocycles. The van der Waals surface area contributed by atoms with Gasteiger partial charge in [0.2, 0.25) is 0 Å². The molecule has 0 spiro atoms. The van der Waals surface area contributed by atoms with Crippen molar-refractivity contribution in [2.45, 2.75) is 19.2 Å². The van der Waals surface area contributed by atoms with E-state index in [-0.39, 0.29) is 17.8 Å². The van der Waals surface area contributed by atoms with Gasteiger partial charge in [0.25, 0.3) is 5.69 Å². The Kier molecular flexibility index (Phi) is 5.95. The Labute approximate surface area is 172 Å². The summed E-state index contributed by atoms with van der Waals surface area (Å²) in [7, 11) is 0. The number of nitro groups is 1. The summed E-state index contributed by atoms with van der Waals surface area (Å²) in [5.74, 6) is -0.962. The molecule has 0 aliphatic heterocycles. The van der Waals surface area contributed by atoms with Crippen molar-refractivity contribution in [1.29, 1.82) is 0 Å². The lowest BCUT2D eigenvalue weighted by Gasteiger charge is -2.15. The van der Waals surface area contributed by atoms with E-state index in [9.17, 15) is 32.9 Å². The number of hydrogen-bond donors (Lipinski definition) is 1. The molecule has 8 nitrogen and oxygen atoms in total. The second-order valence-electron chi connectivity index (χ2n) is 6.57. The molecule has 0 unspecified atom stereocenters. The van der Waals surface area contributed by atoms with Gasteiger partial charge in [0.05, 0.1) is 17.0 Å². The molecule has 0 aliphatic rings. The van der Waals surface area contributed by atoms with Crippen LogP contribution in [0.2, 0.25) is 0 Å². The molecule has 0 amide bonds. The number of nitro benzene ring substituents is 1. The number of halogens is 3.